The molecule has 1 fully saturated rings. The third-order valence-electron chi connectivity index (χ3n) is 4.40. The molecule has 3 rings (SSSR count). The molecule has 1 aromatic carbocycles. The van der Waals surface area contributed by atoms with Gasteiger partial charge in [0.1, 0.15) is 5.82 Å². The summed E-state index contributed by atoms with van der Waals surface area (Å²) in [6, 6.07) is 8.16. The van der Waals surface area contributed by atoms with Gasteiger partial charge in [-0.25, -0.2) is 4.98 Å². The van der Waals surface area contributed by atoms with Crippen LogP contribution in [0.25, 0.3) is 11.0 Å². The molecule has 2 atom stereocenters. The van der Waals surface area contributed by atoms with E-state index in [1.54, 1.807) is 0 Å². The van der Waals surface area contributed by atoms with E-state index in [-0.39, 0.29) is 17.9 Å². The lowest BCUT2D eigenvalue weighted by Gasteiger charge is -2.26. The van der Waals surface area contributed by atoms with Gasteiger partial charge in [0.25, 0.3) is 0 Å². The van der Waals surface area contributed by atoms with E-state index in [0.717, 1.165) is 49.1 Å². The molecule has 4 nitrogen and oxygen atoms in total. The van der Waals surface area contributed by atoms with E-state index in [2.05, 4.69) is 16.9 Å². The molecule has 0 spiro atoms. The van der Waals surface area contributed by atoms with E-state index in [9.17, 15) is 4.79 Å². The fraction of sp³-hybridized carbons (Fsp3) is 0.529. The summed E-state index contributed by atoms with van der Waals surface area (Å²) in [6.45, 7) is 5.03. The first-order valence-corrected chi connectivity index (χ1v) is 7.96. The molecule has 2 unspecified atom stereocenters. The number of aromatic amines is 1. The van der Waals surface area contributed by atoms with Crippen LogP contribution in [0.15, 0.2) is 24.3 Å². The molecular formula is C17H23N3O. The normalized spacial score (nSPS) is 20.1. The van der Waals surface area contributed by atoms with Crippen LogP contribution >= 0.6 is 0 Å². The Labute approximate surface area is 125 Å². The van der Waals surface area contributed by atoms with Gasteiger partial charge in [0.2, 0.25) is 5.91 Å². The molecule has 1 aromatic heterocycles. The first-order valence-electron chi connectivity index (χ1n) is 7.96. The summed E-state index contributed by atoms with van der Waals surface area (Å²) in [5, 5.41) is 0. The van der Waals surface area contributed by atoms with E-state index in [4.69, 9.17) is 0 Å². The molecule has 4 heteroatoms. The Kier molecular flexibility index (Phi) is 3.95. The lowest BCUT2D eigenvalue weighted by atomic mass is 10.0. The number of imidazole rings is 1. The monoisotopic (exact) mass is 285 g/mol. The number of hydrogen-bond acceptors (Lipinski definition) is 2. The number of nitrogens with one attached hydrogen (secondary N) is 1. The van der Waals surface area contributed by atoms with Crippen molar-refractivity contribution in [1.29, 1.82) is 0 Å². The second kappa shape index (κ2) is 5.88. The number of nitrogens with zero attached hydrogens (tertiary/aromatic N) is 2. The minimum atomic E-state index is 0.111. The maximum Gasteiger partial charge on any atom is 0.226 e. The van der Waals surface area contributed by atoms with Crippen LogP contribution in [0.4, 0.5) is 0 Å². The Morgan fingerprint density at radius 1 is 1.48 bits per heavy atom. The molecule has 1 saturated heterocycles. The molecular weight excluding hydrogens is 262 g/mol. The second-order valence-electron chi connectivity index (χ2n) is 6.02. The first kappa shape index (κ1) is 14.1. The van der Waals surface area contributed by atoms with Crippen molar-refractivity contribution in [3.05, 3.63) is 30.1 Å². The average Bonchev–Trinajstić information content (AvgIpc) is 3.12. The minimum Gasteiger partial charge on any atom is -0.340 e. The third-order valence-corrected chi connectivity index (χ3v) is 4.40. The number of para-hydroxylation sites is 2. The molecule has 1 aliphatic heterocycles. The van der Waals surface area contributed by atoms with Crippen molar-refractivity contribution in [2.24, 2.45) is 5.92 Å². The number of aromatic nitrogens is 2. The molecule has 2 heterocycles. The second-order valence-corrected chi connectivity index (χ2v) is 6.02. The van der Waals surface area contributed by atoms with Crippen LogP contribution in [0.1, 0.15) is 51.4 Å². The summed E-state index contributed by atoms with van der Waals surface area (Å²) in [7, 11) is 0. The van der Waals surface area contributed by atoms with Crippen LogP contribution < -0.4 is 0 Å². The maximum atomic E-state index is 12.6. The van der Waals surface area contributed by atoms with E-state index >= 15 is 0 Å². The van der Waals surface area contributed by atoms with Gasteiger partial charge in [-0.1, -0.05) is 32.4 Å². The first-order chi connectivity index (χ1) is 10.2. The van der Waals surface area contributed by atoms with Crippen molar-refractivity contribution < 1.29 is 4.79 Å². The maximum absolute atomic E-state index is 12.6. The molecule has 21 heavy (non-hydrogen) atoms. The molecule has 112 valence electrons. The van der Waals surface area contributed by atoms with Gasteiger partial charge >= 0.3 is 0 Å². The fourth-order valence-corrected chi connectivity index (χ4v) is 3.28. The number of fused-ring (bicyclic) bond motifs is 1. The molecule has 1 aliphatic rings. The zero-order chi connectivity index (χ0) is 14.8. The predicted octanol–water partition coefficient (Wildman–Crippen LogP) is 3.66. The number of likely N-dealkylation sites (tertiary alicyclic amines) is 1. The van der Waals surface area contributed by atoms with Crippen molar-refractivity contribution in [2.75, 3.05) is 6.54 Å². The van der Waals surface area contributed by atoms with Crippen molar-refractivity contribution >= 4 is 16.9 Å². The number of hydrogen-bond donors (Lipinski definition) is 1. The van der Waals surface area contributed by atoms with Gasteiger partial charge in [-0.3, -0.25) is 4.79 Å². The fourth-order valence-electron chi connectivity index (χ4n) is 3.28. The SMILES string of the molecule is CCCC(C)C(=O)N1CCCC1c1nc2ccccc2[nH]1. The number of carbonyl (C=O) groups excluding carboxylic acids is 1. The average molecular weight is 285 g/mol. The zero-order valence-electron chi connectivity index (χ0n) is 12.8. The van der Waals surface area contributed by atoms with Crippen molar-refractivity contribution in [3.8, 4) is 0 Å². The summed E-state index contributed by atoms with van der Waals surface area (Å²) in [4.78, 5) is 22.7. The summed E-state index contributed by atoms with van der Waals surface area (Å²) in [5.41, 5.74) is 2.03. The standard InChI is InChI=1S/C17H23N3O/c1-3-7-12(2)17(21)20-11-6-10-15(20)16-18-13-8-4-5-9-14(13)19-16/h4-5,8-9,12,15H,3,6-7,10-11H2,1-2H3,(H,18,19). The van der Waals surface area contributed by atoms with Crippen molar-refractivity contribution in [1.82, 2.24) is 14.9 Å². The molecule has 1 N–H and O–H groups in total. The Morgan fingerprint density at radius 2 is 2.29 bits per heavy atom. The van der Waals surface area contributed by atoms with Crippen LogP contribution in [-0.4, -0.2) is 27.3 Å². The topological polar surface area (TPSA) is 49.0 Å². The molecule has 0 saturated carbocycles. The Balaban J connectivity index is 1.84. The lowest BCUT2D eigenvalue weighted by molar-refractivity contribution is -0.136. The van der Waals surface area contributed by atoms with Crippen molar-refractivity contribution in [3.63, 3.8) is 0 Å². The summed E-state index contributed by atoms with van der Waals surface area (Å²) < 4.78 is 0. The van der Waals surface area contributed by atoms with Crippen LogP contribution in [0.3, 0.4) is 0 Å². The van der Waals surface area contributed by atoms with Crippen LogP contribution in [0.5, 0.6) is 0 Å². The summed E-state index contributed by atoms with van der Waals surface area (Å²) in [5.74, 6) is 1.32. The van der Waals surface area contributed by atoms with Gasteiger partial charge in [-0.05, 0) is 31.4 Å². The smallest absolute Gasteiger partial charge is 0.226 e. The van der Waals surface area contributed by atoms with Gasteiger partial charge in [0, 0.05) is 12.5 Å². The van der Waals surface area contributed by atoms with Crippen molar-refractivity contribution in [2.45, 2.75) is 45.6 Å². The number of H-pyrrole nitrogens is 1. The molecule has 0 aliphatic carbocycles. The molecule has 2 aromatic rings. The quantitative estimate of drug-likeness (QED) is 0.932. The van der Waals surface area contributed by atoms with E-state index in [1.807, 2.05) is 36.1 Å². The van der Waals surface area contributed by atoms with E-state index in [1.165, 1.54) is 0 Å². The van der Waals surface area contributed by atoms with E-state index in [0.29, 0.717) is 0 Å². The van der Waals surface area contributed by atoms with E-state index < -0.39 is 0 Å². The highest BCUT2D eigenvalue weighted by molar-refractivity contribution is 5.79. The van der Waals surface area contributed by atoms with Crippen LogP contribution in [-0.2, 0) is 4.79 Å². The number of benzene rings is 1. The van der Waals surface area contributed by atoms with Gasteiger partial charge < -0.3 is 9.88 Å². The van der Waals surface area contributed by atoms with Crippen LogP contribution in [0, 0.1) is 5.92 Å². The van der Waals surface area contributed by atoms with Crippen LogP contribution in [0.2, 0.25) is 0 Å². The Hall–Kier alpha value is -1.84. The van der Waals surface area contributed by atoms with Gasteiger partial charge in [-0.15, -0.1) is 0 Å². The molecule has 0 bridgehead atoms. The largest absolute Gasteiger partial charge is 0.340 e. The number of rotatable bonds is 4. The van der Waals surface area contributed by atoms with Gasteiger partial charge in [0.05, 0.1) is 17.1 Å². The lowest BCUT2D eigenvalue weighted by Crippen LogP contribution is -2.35. The molecule has 1 amide bonds. The third kappa shape index (κ3) is 2.67. The number of amides is 1. The molecule has 0 radical (unpaired) electrons. The summed E-state index contributed by atoms with van der Waals surface area (Å²) >= 11 is 0. The summed E-state index contributed by atoms with van der Waals surface area (Å²) in [6.07, 6.45) is 4.08. The van der Waals surface area contributed by atoms with Gasteiger partial charge in [0.15, 0.2) is 0 Å². The highest BCUT2D eigenvalue weighted by atomic mass is 16.2. The highest BCUT2D eigenvalue weighted by Crippen LogP contribution is 2.33. The minimum absolute atomic E-state index is 0.111. The zero-order valence-corrected chi connectivity index (χ0v) is 12.8. The predicted molar refractivity (Wildman–Crippen MR) is 83.9 cm³/mol. The Morgan fingerprint density at radius 3 is 3.05 bits per heavy atom. The van der Waals surface area contributed by atoms with Gasteiger partial charge in [-0.2, -0.15) is 0 Å². The highest BCUT2D eigenvalue weighted by Gasteiger charge is 2.33. The number of carbonyl (C=O) groups is 1. The Bertz CT molecular complexity index is 601.